The molecule has 1 atom stereocenters. The van der Waals surface area contributed by atoms with E-state index in [9.17, 15) is 4.79 Å². The molecule has 1 aromatic rings. The Bertz CT molecular complexity index is 504. The van der Waals surface area contributed by atoms with Gasteiger partial charge >= 0.3 is 0 Å². The molecule has 0 spiro atoms. The predicted octanol–water partition coefficient (Wildman–Crippen LogP) is 7.38. The van der Waals surface area contributed by atoms with Gasteiger partial charge in [0.25, 0.3) is 0 Å². The summed E-state index contributed by atoms with van der Waals surface area (Å²) in [6, 6.07) is 4.98. The third kappa shape index (κ3) is 6.46. The highest BCUT2D eigenvalue weighted by Gasteiger charge is 2.36. The first kappa shape index (κ1) is 21.1. The van der Waals surface area contributed by atoms with Crippen LogP contribution in [0.15, 0.2) is 18.2 Å². The number of unbranched alkanes of at least 4 members (excludes halogenated alkanes) is 6. The van der Waals surface area contributed by atoms with Gasteiger partial charge in [0, 0.05) is 6.42 Å². The van der Waals surface area contributed by atoms with Crippen LogP contribution >= 0.6 is 46.4 Å². The summed E-state index contributed by atoms with van der Waals surface area (Å²) in [6.07, 6.45) is 8.52. The first-order valence-corrected chi connectivity index (χ1v) is 9.86. The molecule has 5 heteroatoms. The van der Waals surface area contributed by atoms with Gasteiger partial charge in [0.1, 0.15) is 4.87 Å². The maximum atomic E-state index is 12.5. The summed E-state index contributed by atoms with van der Waals surface area (Å²) < 4.78 is 0. The molecule has 0 bridgehead atoms. The van der Waals surface area contributed by atoms with Crippen molar-refractivity contribution in [2.75, 3.05) is 5.88 Å². The topological polar surface area (TPSA) is 17.1 Å². The third-order valence-electron chi connectivity index (χ3n) is 4.01. The number of rotatable bonds is 11. The van der Waals surface area contributed by atoms with Crippen LogP contribution in [0.4, 0.5) is 0 Å². The molecule has 0 fully saturated rings. The Hall–Kier alpha value is 0.0500. The van der Waals surface area contributed by atoms with Crippen LogP contribution in [0.5, 0.6) is 0 Å². The molecule has 0 N–H and O–H groups in total. The van der Waals surface area contributed by atoms with E-state index in [2.05, 4.69) is 6.92 Å². The second kappa shape index (κ2) is 10.8. The molecule has 0 aromatic heterocycles. The molecule has 0 aliphatic heterocycles. The van der Waals surface area contributed by atoms with Crippen LogP contribution < -0.4 is 0 Å². The maximum Gasteiger partial charge on any atom is 0.159 e. The molecule has 1 nitrogen and oxygen atoms in total. The molecule has 23 heavy (non-hydrogen) atoms. The smallest absolute Gasteiger partial charge is 0.159 e. The summed E-state index contributed by atoms with van der Waals surface area (Å²) >= 11 is 24.5. The standard InChI is InChI=1S/C18H24Cl4O/c1-2-3-4-5-6-7-8-9-17(23)18(22,13-19)14-10-11-15(20)16(21)12-14/h10-12H,2-9,13H2,1H3. The Labute approximate surface area is 159 Å². The fourth-order valence-corrected chi connectivity index (χ4v) is 3.31. The van der Waals surface area contributed by atoms with Crippen molar-refractivity contribution < 1.29 is 4.79 Å². The minimum Gasteiger partial charge on any atom is -0.297 e. The van der Waals surface area contributed by atoms with Gasteiger partial charge in [-0.15, -0.1) is 23.2 Å². The van der Waals surface area contributed by atoms with E-state index >= 15 is 0 Å². The van der Waals surface area contributed by atoms with Crippen molar-refractivity contribution in [1.82, 2.24) is 0 Å². The Morgan fingerprint density at radius 2 is 1.61 bits per heavy atom. The molecule has 0 saturated carbocycles. The minimum atomic E-state index is -1.22. The highest BCUT2D eigenvalue weighted by atomic mass is 35.5. The SMILES string of the molecule is CCCCCCCCCC(=O)C(Cl)(CCl)c1ccc(Cl)c(Cl)c1. The van der Waals surface area contributed by atoms with Crippen LogP contribution in [-0.4, -0.2) is 11.7 Å². The monoisotopic (exact) mass is 396 g/mol. The van der Waals surface area contributed by atoms with Gasteiger partial charge in [-0.05, 0) is 24.1 Å². The lowest BCUT2D eigenvalue weighted by atomic mass is 9.92. The zero-order valence-electron chi connectivity index (χ0n) is 13.5. The van der Waals surface area contributed by atoms with Crippen LogP contribution in [0.1, 0.15) is 63.9 Å². The Morgan fingerprint density at radius 3 is 2.17 bits per heavy atom. The van der Waals surface area contributed by atoms with Gasteiger partial charge in [-0.1, -0.05) is 74.7 Å². The number of halogens is 4. The second-order valence-electron chi connectivity index (χ2n) is 5.86. The fraction of sp³-hybridized carbons (Fsp3) is 0.611. The van der Waals surface area contributed by atoms with Crippen molar-refractivity contribution in [3.8, 4) is 0 Å². The summed E-state index contributed by atoms with van der Waals surface area (Å²) in [5, 5.41) is 0.812. The molecule has 0 saturated heterocycles. The maximum absolute atomic E-state index is 12.5. The molecule has 0 radical (unpaired) electrons. The molecule has 1 rings (SSSR count). The quantitative estimate of drug-likeness (QED) is 0.281. The number of hydrogen-bond acceptors (Lipinski definition) is 1. The average Bonchev–Trinajstić information content (AvgIpc) is 2.55. The summed E-state index contributed by atoms with van der Waals surface area (Å²) in [6.45, 7) is 2.20. The van der Waals surface area contributed by atoms with Crippen molar-refractivity contribution in [3.05, 3.63) is 33.8 Å². The summed E-state index contributed by atoms with van der Waals surface area (Å²) in [5.74, 6) is -0.0388. The fourth-order valence-electron chi connectivity index (χ4n) is 2.50. The van der Waals surface area contributed by atoms with Gasteiger partial charge in [-0.2, -0.15) is 0 Å². The van der Waals surface area contributed by atoms with Gasteiger partial charge in [0.2, 0.25) is 0 Å². The van der Waals surface area contributed by atoms with E-state index in [1.54, 1.807) is 18.2 Å². The van der Waals surface area contributed by atoms with E-state index in [0.717, 1.165) is 19.3 Å². The Morgan fingerprint density at radius 1 is 1.00 bits per heavy atom. The van der Waals surface area contributed by atoms with Gasteiger partial charge in [-0.3, -0.25) is 4.79 Å². The van der Waals surface area contributed by atoms with Gasteiger partial charge in [-0.25, -0.2) is 0 Å². The predicted molar refractivity (Wildman–Crippen MR) is 102 cm³/mol. The van der Waals surface area contributed by atoms with Crippen molar-refractivity contribution in [2.24, 2.45) is 0 Å². The van der Waals surface area contributed by atoms with E-state index in [1.165, 1.54) is 25.7 Å². The van der Waals surface area contributed by atoms with Crippen LogP contribution in [0.2, 0.25) is 10.0 Å². The van der Waals surface area contributed by atoms with Crippen molar-refractivity contribution in [1.29, 1.82) is 0 Å². The minimum absolute atomic E-state index is 0.0157. The van der Waals surface area contributed by atoms with Gasteiger partial charge in [0.15, 0.2) is 5.78 Å². The van der Waals surface area contributed by atoms with Crippen LogP contribution in [-0.2, 0) is 9.67 Å². The number of carbonyl (C=O) groups is 1. The molecule has 1 unspecified atom stereocenters. The van der Waals surface area contributed by atoms with E-state index in [4.69, 9.17) is 46.4 Å². The summed E-state index contributed by atoms with van der Waals surface area (Å²) in [5.41, 5.74) is 0.608. The zero-order chi connectivity index (χ0) is 17.3. The van der Waals surface area contributed by atoms with Crippen molar-refractivity contribution in [2.45, 2.75) is 63.2 Å². The highest BCUT2D eigenvalue weighted by molar-refractivity contribution is 6.43. The Kier molecular flexibility index (Phi) is 9.92. The summed E-state index contributed by atoms with van der Waals surface area (Å²) in [7, 11) is 0. The molecule has 0 aliphatic carbocycles. The van der Waals surface area contributed by atoms with E-state index in [-0.39, 0.29) is 11.7 Å². The molecule has 0 heterocycles. The molecular formula is C18H24Cl4O. The number of ketones is 1. The lowest BCUT2D eigenvalue weighted by molar-refractivity contribution is -0.121. The molecule has 0 amide bonds. The molecule has 1 aromatic carbocycles. The normalized spacial score (nSPS) is 13.8. The number of hydrogen-bond donors (Lipinski definition) is 0. The van der Waals surface area contributed by atoms with Gasteiger partial charge in [0.05, 0.1) is 15.9 Å². The number of alkyl halides is 2. The number of benzene rings is 1. The molecular weight excluding hydrogens is 374 g/mol. The highest BCUT2D eigenvalue weighted by Crippen LogP contribution is 2.36. The Balaban J connectivity index is 2.55. The number of Topliss-reactive ketones (excluding diaryl/α,β-unsaturated/α-hetero) is 1. The lowest BCUT2D eigenvalue weighted by Crippen LogP contribution is -2.31. The largest absolute Gasteiger partial charge is 0.297 e. The van der Waals surface area contributed by atoms with E-state index < -0.39 is 4.87 Å². The average molecular weight is 398 g/mol. The lowest BCUT2D eigenvalue weighted by Gasteiger charge is -2.24. The molecule has 130 valence electrons. The second-order valence-corrected chi connectivity index (χ2v) is 7.59. The van der Waals surface area contributed by atoms with Crippen molar-refractivity contribution in [3.63, 3.8) is 0 Å². The van der Waals surface area contributed by atoms with Crippen LogP contribution in [0.25, 0.3) is 0 Å². The first-order valence-electron chi connectivity index (χ1n) is 8.19. The van der Waals surface area contributed by atoms with E-state index in [1.807, 2.05) is 0 Å². The van der Waals surface area contributed by atoms with Crippen molar-refractivity contribution >= 4 is 52.2 Å². The van der Waals surface area contributed by atoms with Crippen LogP contribution in [0.3, 0.4) is 0 Å². The van der Waals surface area contributed by atoms with Gasteiger partial charge < -0.3 is 0 Å². The zero-order valence-corrected chi connectivity index (χ0v) is 16.5. The van der Waals surface area contributed by atoms with E-state index in [0.29, 0.717) is 22.0 Å². The third-order valence-corrected chi connectivity index (χ3v) is 5.85. The van der Waals surface area contributed by atoms with Crippen LogP contribution in [0, 0.1) is 0 Å². The molecule has 0 aliphatic rings. The first-order chi connectivity index (χ1) is 11.0. The summed E-state index contributed by atoms with van der Waals surface area (Å²) in [4.78, 5) is 11.3. The number of carbonyl (C=O) groups excluding carboxylic acids is 1.